The number of nitro benzene ring substituents is 1. The van der Waals surface area contributed by atoms with E-state index in [2.05, 4.69) is 5.32 Å². The van der Waals surface area contributed by atoms with Crippen LogP contribution in [0.2, 0.25) is 0 Å². The second-order valence-corrected chi connectivity index (χ2v) is 4.15. The van der Waals surface area contributed by atoms with Gasteiger partial charge in [-0.15, -0.1) is 0 Å². The van der Waals surface area contributed by atoms with Gasteiger partial charge < -0.3 is 5.32 Å². The minimum Gasteiger partial charge on any atom is -0.346 e. The zero-order valence-corrected chi connectivity index (χ0v) is 9.59. The third-order valence-electron chi connectivity index (χ3n) is 2.91. The van der Waals surface area contributed by atoms with Crippen molar-refractivity contribution in [2.45, 2.75) is 25.3 Å². The Hall–Kier alpha value is -2.24. The molecule has 2 rings (SSSR count). The Morgan fingerprint density at radius 1 is 1.39 bits per heavy atom. The predicted octanol–water partition coefficient (Wildman–Crippen LogP) is 1.45. The van der Waals surface area contributed by atoms with E-state index in [0.29, 0.717) is 19.3 Å². The molecule has 1 aliphatic heterocycles. The molecule has 6 nitrogen and oxygen atoms in total. The van der Waals surface area contributed by atoms with E-state index in [1.54, 1.807) is 6.07 Å². The highest BCUT2D eigenvalue weighted by Gasteiger charge is 2.29. The molecule has 0 saturated carbocycles. The molecular weight excluding hydrogens is 236 g/mol. The molecule has 94 valence electrons. The van der Waals surface area contributed by atoms with Crippen molar-refractivity contribution in [2.75, 3.05) is 0 Å². The van der Waals surface area contributed by atoms with Crippen molar-refractivity contribution in [1.82, 2.24) is 5.32 Å². The van der Waals surface area contributed by atoms with Crippen LogP contribution in [0.25, 0.3) is 0 Å². The van der Waals surface area contributed by atoms with E-state index in [-0.39, 0.29) is 17.2 Å². The average molecular weight is 248 g/mol. The molecule has 6 heteroatoms. The van der Waals surface area contributed by atoms with Crippen LogP contribution in [0.15, 0.2) is 24.3 Å². The molecule has 1 unspecified atom stereocenters. The molecule has 1 N–H and O–H groups in total. The van der Waals surface area contributed by atoms with Gasteiger partial charge in [0.25, 0.3) is 5.69 Å². The molecule has 1 heterocycles. The fourth-order valence-electron chi connectivity index (χ4n) is 2.03. The zero-order chi connectivity index (χ0) is 13.1. The number of benzene rings is 1. The highest BCUT2D eigenvalue weighted by molar-refractivity contribution is 6.05. The van der Waals surface area contributed by atoms with Gasteiger partial charge in [0, 0.05) is 12.5 Å². The number of carbonyl (C=O) groups excluding carboxylic acids is 2. The number of hydrogen-bond donors (Lipinski definition) is 1. The maximum absolute atomic E-state index is 12.2. The number of carbonyl (C=O) groups is 2. The number of hydrogen-bond acceptors (Lipinski definition) is 4. The lowest BCUT2D eigenvalue weighted by molar-refractivity contribution is -0.385. The number of rotatable bonds is 3. The van der Waals surface area contributed by atoms with Crippen molar-refractivity contribution >= 4 is 17.4 Å². The molecule has 0 radical (unpaired) electrons. The number of nitrogens with zero attached hydrogens (tertiary/aromatic N) is 1. The van der Waals surface area contributed by atoms with Gasteiger partial charge in [0.15, 0.2) is 5.78 Å². The summed E-state index contributed by atoms with van der Waals surface area (Å²) in [7, 11) is 0. The number of Topliss-reactive ketones (excluding diaryl/α,β-unsaturated/α-hetero) is 1. The molecule has 1 aromatic carbocycles. The Balaban J connectivity index is 2.28. The minimum absolute atomic E-state index is 0.0506. The van der Waals surface area contributed by atoms with Crippen LogP contribution in [0, 0.1) is 10.1 Å². The highest BCUT2D eigenvalue weighted by atomic mass is 16.6. The number of piperidine rings is 1. The summed E-state index contributed by atoms with van der Waals surface area (Å²) in [6.45, 7) is 0. The molecule has 0 spiro atoms. The molecule has 1 aromatic rings. The van der Waals surface area contributed by atoms with E-state index in [4.69, 9.17) is 0 Å². The first-order valence-corrected chi connectivity index (χ1v) is 5.66. The van der Waals surface area contributed by atoms with E-state index in [1.165, 1.54) is 18.2 Å². The first-order valence-electron chi connectivity index (χ1n) is 5.66. The Kier molecular flexibility index (Phi) is 3.36. The molecule has 1 amide bonds. The van der Waals surface area contributed by atoms with Crippen molar-refractivity contribution in [3.63, 3.8) is 0 Å². The molecule has 1 saturated heterocycles. The molecule has 18 heavy (non-hydrogen) atoms. The van der Waals surface area contributed by atoms with Crippen LogP contribution in [0.4, 0.5) is 5.69 Å². The van der Waals surface area contributed by atoms with Crippen molar-refractivity contribution in [3.8, 4) is 0 Å². The van der Waals surface area contributed by atoms with Gasteiger partial charge in [-0.25, -0.2) is 0 Å². The van der Waals surface area contributed by atoms with E-state index < -0.39 is 16.7 Å². The summed E-state index contributed by atoms with van der Waals surface area (Å²) in [5.41, 5.74) is -0.169. The number of nitro groups is 1. The fourth-order valence-corrected chi connectivity index (χ4v) is 2.03. The smallest absolute Gasteiger partial charge is 0.280 e. The van der Waals surface area contributed by atoms with Gasteiger partial charge in [0.05, 0.1) is 16.5 Å². The SMILES string of the molecule is O=C1CCCC(C(=O)c2ccccc2[N+](=O)[O-])N1. The van der Waals surface area contributed by atoms with Crippen LogP contribution < -0.4 is 5.32 Å². The second kappa shape index (κ2) is 4.95. The summed E-state index contributed by atoms with van der Waals surface area (Å²) < 4.78 is 0. The van der Waals surface area contributed by atoms with Crippen LogP contribution in [0.5, 0.6) is 0 Å². The zero-order valence-electron chi connectivity index (χ0n) is 9.59. The highest BCUT2D eigenvalue weighted by Crippen LogP contribution is 2.21. The van der Waals surface area contributed by atoms with Gasteiger partial charge in [-0.2, -0.15) is 0 Å². The lowest BCUT2D eigenvalue weighted by atomic mass is 9.95. The van der Waals surface area contributed by atoms with Crippen LogP contribution in [-0.4, -0.2) is 22.7 Å². The van der Waals surface area contributed by atoms with E-state index in [9.17, 15) is 19.7 Å². The van der Waals surface area contributed by atoms with Gasteiger partial charge in [0.1, 0.15) is 0 Å². The summed E-state index contributed by atoms with van der Waals surface area (Å²) in [5.74, 6) is -0.575. The van der Waals surface area contributed by atoms with E-state index >= 15 is 0 Å². The molecule has 0 aromatic heterocycles. The minimum atomic E-state index is -0.646. The van der Waals surface area contributed by atoms with Crippen molar-refractivity contribution in [2.24, 2.45) is 0 Å². The monoisotopic (exact) mass is 248 g/mol. The van der Waals surface area contributed by atoms with Crippen molar-refractivity contribution < 1.29 is 14.5 Å². The Bertz CT molecular complexity index is 513. The Labute approximate surface area is 103 Å². The Morgan fingerprint density at radius 3 is 2.78 bits per heavy atom. The van der Waals surface area contributed by atoms with Gasteiger partial charge in [-0.3, -0.25) is 19.7 Å². The first kappa shape index (κ1) is 12.2. The normalized spacial score (nSPS) is 19.1. The van der Waals surface area contributed by atoms with Gasteiger partial charge >= 0.3 is 0 Å². The summed E-state index contributed by atoms with van der Waals surface area (Å²) in [6.07, 6.45) is 1.56. The maximum Gasteiger partial charge on any atom is 0.280 e. The van der Waals surface area contributed by atoms with Crippen molar-refractivity contribution in [1.29, 1.82) is 0 Å². The van der Waals surface area contributed by atoms with Crippen LogP contribution in [-0.2, 0) is 4.79 Å². The average Bonchev–Trinajstić information content (AvgIpc) is 2.38. The molecule has 1 fully saturated rings. The number of amides is 1. The maximum atomic E-state index is 12.2. The third kappa shape index (κ3) is 2.37. The van der Waals surface area contributed by atoms with E-state index in [1.807, 2.05) is 0 Å². The van der Waals surface area contributed by atoms with E-state index in [0.717, 1.165) is 0 Å². The Morgan fingerprint density at radius 2 is 2.11 bits per heavy atom. The molecular formula is C12H12N2O4. The molecule has 1 aliphatic rings. The van der Waals surface area contributed by atoms with Gasteiger partial charge in [-0.05, 0) is 18.9 Å². The van der Waals surface area contributed by atoms with Crippen LogP contribution in [0.3, 0.4) is 0 Å². The summed E-state index contributed by atoms with van der Waals surface area (Å²) in [4.78, 5) is 33.6. The van der Waals surface area contributed by atoms with Crippen LogP contribution in [0.1, 0.15) is 29.6 Å². The second-order valence-electron chi connectivity index (χ2n) is 4.15. The lowest BCUT2D eigenvalue weighted by Crippen LogP contribution is -2.44. The predicted molar refractivity (Wildman–Crippen MR) is 63.2 cm³/mol. The largest absolute Gasteiger partial charge is 0.346 e. The first-order chi connectivity index (χ1) is 8.59. The van der Waals surface area contributed by atoms with Crippen molar-refractivity contribution in [3.05, 3.63) is 39.9 Å². The number of ketones is 1. The number of para-hydroxylation sites is 1. The summed E-state index contributed by atoms with van der Waals surface area (Å²) in [6, 6.07) is 5.14. The summed E-state index contributed by atoms with van der Waals surface area (Å²) >= 11 is 0. The third-order valence-corrected chi connectivity index (χ3v) is 2.91. The molecule has 0 aliphatic carbocycles. The summed E-state index contributed by atoms with van der Waals surface area (Å²) in [5, 5.41) is 13.4. The molecule has 1 atom stereocenters. The van der Waals surface area contributed by atoms with Gasteiger partial charge in [0.2, 0.25) is 5.91 Å². The van der Waals surface area contributed by atoms with Crippen LogP contribution >= 0.6 is 0 Å². The standard InChI is InChI=1S/C12H12N2O4/c15-11-7-3-5-9(13-11)12(16)8-4-1-2-6-10(8)14(17)18/h1-2,4,6,9H,3,5,7H2,(H,13,15). The topological polar surface area (TPSA) is 89.3 Å². The molecule has 0 bridgehead atoms. The lowest BCUT2D eigenvalue weighted by Gasteiger charge is -2.21. The fraction of sp³-hybridized carbons (Fsp3) is 0.333. The van der Waals surface area contributed by atoms with Gasteiger partial charge in [-0.1, -0.05) is 12.1 Å². The quantitative estimate of drug-likeness (QED) is 0.498. The number of nitrogens with one attached hydrogen (secondary N) is 1.